The summed E-state index contributed by atoms with van der Waals surface area (Å²) in [5.41, 5.74) is 4.66. The number of hydrogen-bond acceptors (Lipinski definition) is 6. The number of hydrogen-bond donors (Lipinski definition) is 0. The first-order valence-electron chi connectivity index (χ1n) is 11.9. The minimum Gasteiger partial charge on any atom is -0.454 e. The van der Waals surface area contributed by atoms with Crippen LogP contribution >= 0.6 is 11.3 Å². The van der Waals surface area contributed by atoms with E-state index in [1.165, 1.54) is 5.56 Å². The van der Waals surface area contributed by atoms with Crippen LogP contribution in [-0.2, 0) is 11.3 Å². The number of amides is 1. The van der Waals surface area contributed by atoms with Crippen LogP contribution in [0, 0.1) is 6.92 Å². The van der Waals surface area contributed by atoms with Crippen LogP contribution in [0.2, 0.25) is 0 Å². The molecule has 1 saturated heterocycles. The Morgan fingerprint density at radius 1 is 1.11 bits per heavy atom. The lowest BCUT2D eigenvalue weighted by molar-refractivity contribution is 0.0507. The van der Waals surface area contributed by atoms with Crippen molar-refractivity contribution in [1.29, 1.82) is 0 Å². The predicted octanol–water partition coefficient (Wildman–Crippen LogP) is 5.82. The Balaban J connectivity index is 1.39. The smallest absolute Gasteiger partial charge is 0.254 e. The molecule has 0 saturated carbocycles. The van der Waals surface area contributed by atoms with Gasteiger partial charge >= 0.3 is 0 Å². The Bertz CT molecular complexity index is 1380. The van der Waals surface area contributed by atoms with Crippen LogP contribution in [0.25, 0.3) is 21.5 Å². The molecule has 35 heavy (non-hydrogen) atoms. The van der Waals surface area contributed by atoms with E-state index in [4.69, 9.17) is 19.2 Å². The van der Waals surface area contributed by atoms with Crippen LogP contribution < -0.4 is 9.47 Å². The second-order valence-corrected chi connectivity index (χ2v) is 10.0. The monoisotopic (exact) mass is 486 g/mol. The van der Waals surface area contributed by atoms with Gasteiger partial charge in [-0.15, -0.1) is 11.3 Å². The third-order valence-electron chi connectivity index (χ3n) is 6.52. The maximum atomic E-state index is 13.8. The fourth-order valence-electron chi connectivity index (χ4n) is 4.74. The van der Waals surface area contributed by atoms with Gasteiger partial charge in [0.05, 0.1) is 22.2 Å². The molecule has 178 valence electrons. The summed E-state index contributed by atoms with van der Waals surface area (Å²) in [5.74, 6) is 1.22. The molecule has 4 heterocycles. The maximum Gasteiger partial charge on any atom is 0.254 e. The Hall–Kier alpha value is -3.42. The third-order valence-corrected chi connectivity index (χ3v) is 7.40. The Kier molecular flexibility index (Phi) is 5.88. The number of benzene rings is 2. The summed E-state index contributed by atoms with van der Waals surface area (Å²) < 4.78 is 16.9. The minimum absolute atomic E-state index is 0.0363. The zero-order valence-electron chi connectivity index (χ0n) is 19.5. The number of carbonyl (C=O) groups is 1. The van der Waals surface area contributed by atoms with E-state index >= 15 is 0 Å². The zero-order chi connectivity index (χ0) is 23.8. The number of aromatic nitrogens is 1. The third kappa shape index (κ3) is 4.49. The summed E-state index contributed by atoms with van der Waals surface area (Å²) in [5, 5.41) is 3.13. The van der Waals surface area contributed by atoms with Gasteiger partial charge in [-0.05, 0) is 72.7 Å². The van der Waals surface area contributed by atoms with Crippen molar-refractivity contribution in [3.63, 3.8) is 0 Å². The highest BCUT2D eigenvalue weighted by Gasteiger charge is 2.26. The first-order valence-corrected chi connectivity index (χ1v) is 12.8. The molecule has 6 nitrogen and oxygen atoms in total. The molecule has 0 N–H and O–H groups in total. The molecule has 0 radical (unpaired) electrons. The van der Waals surface area contributed by atoms with Gasteiger partial charge < -0.3 is 19.1 Å². The molecule has 2 aliphatic rings. The van der Waals surface area contributed by atoms with E-state index in [2.05, 4.69) is 42.6 Å². The van der Waals surface area contributed by atoms with E-state index in [1.807, 2.05) is 11.0 Å². The number of carbonyl (C=O) groups excluding carboxylic acids is 1. The minimum atomic E-state index is -0.0556. The van der Waals surface area contributed by atoms with E-state index in [0.29, 0.717) is 30.2 Å². The molecule has 0 aliphatic carbocycles. The molecule has 2 aliphatic heterocycles. The average Bonchev–Trinajstić information content (AvgIpc) is 3.65. The van der Waals surface area contributed by atoms with Crippen LogP contribution in [0.15, 0.2) is 60.0 Å². The topological polar surface area (TPSA) is 60.9 Å². The number of pyridine rings is 1. The van der Waals surface area contributed by atoms with Crippen LogP contribution in [-0.4, -0.2) is 41.8 Å². The van der Waals surface area contributed by atoms with Crippen molar-refractivity contribution < 1.29 is 19.0 Å². The Labute approximate surface area is 208 Å². The molecule has 4 aromatic rings. The summed E-state index contributed by atoms with van der Waals surface area (Å²) >= 11 is 1.66. The van der Waals surface area contributed by atoms with E-state index < -0.39 is 0 Å². The molecule has 0 spiro atoms. The molecular formula is C28H26N2O4S. The van der Waals surface area contributed by atoms with Gasteiger partial charge in [-0.2, -0.15) is 0 Å². The summed E-state index contributed by atoms with van der Waals surface area (Å²) in [7, 11) is 0. The lowest BCUT2D eigenvalue weighted by atomic mass is 10.0. The molecule has 7 heteroatoms. The normalized spacial score (nSPS) is 16.7. The van der Waals surface area contributed by atoms with E-state index in [9.17, 15) is 4.79 Å². The van der Waals surface area contributed by atoms with Gasteiger partial charge in [0.25, 0.3) is 5.91 Å². The van der Waals surface area contributed by atoms with Gasteiger partial charge in [0.15, 0.2) is 11.5 Å². The molecule has 1 atom stereocenters. The second-order valence-electron chi connectivity index (χ2n) is 9.06. The van der Waals surface area contributed by atoms with Crippen molar-refractivity contribution in [2.24, 2.45) is 0 Å². The highest BCUT2D eigenvalue weighted by molar-refractivity contribution is 7.13. The predicted molar refractivity (Wildman–Crippen MR) is 136 cm³/mol. The molecule has 0 bridgehead atoms. The number of thiophene rings is 1. The average molecular weight is 487 g/mol. The van der Waals surface area contributed by atoms with Crippen molar-refractivity contribution >= 4 is 28.1 Å². The van der Waals surface area contributed by atoms with Crippen molar-refractivity contribution in [3.8, 4) is 22.1 Å². The lowest BCUT2D eigenvalue weighted by Gasteiger charge is -2.27. The van der Waals surface area contributed by atoms with Gasteiger partial charge in [-0.1, -0.05) is 18.2 Å². The molecule has 1 amide bonds. The van der Waals surface area contributed by atoms with Crippen molar-refractivity contribution in [2.45, 2.75) is 32.4 Å². The number of aryl methyl sites for hydroxylation is 1. The lowest BCUT2D eigenvalue weighted by Crippen LogP contribution is -2.37. The standard InChI is InChI=1S/C28H26N2O4S/c1-18-6-7-19-13-21(27(29-23(19)12-18)26-5-3-11-35-26)15-30(16-22-4-2-10-32-22)28(31)20-8-9-24-25(14-20)34-17-33-24/h3,5-9,11-14,22H,2,4,10,15-17H2,1H3. The van der Waals surface area contributed by atoms with Crippen LogP contribution in [0.5, 0.6) is 11.5 Å². The van der Waals surface area contributed by atoms with Gasteiger partial charge in [0, 0.05) is 30.6 Å². The molecule has 2 aromatic carbocycles. The van der Waals surface area contributed by atoms with Crippen molar-refractivity contribution in [2.75, 3.05) is 19.9 Å². The van der Waals surface area contributed by atoms with Gasteiger partial charge in [-0.25, -0.2) is 4.98 Å². The van der Waals surface area contributed by atoms with E-state index in [-0.39, 0.29) is 18.8 Å². The maximum absolute atomic E-state index is 13.8. The van der Waals surface area contributed by atoms with Gasteiger partial charge in [-0.3, -0.25) is 4.79 Å². The fourth-order valence-corrected chi connectivity index (χ4v) is 5.49. The summed E-state index contributed by atoms with van der Waals surface area (Å²) in [6.07, 6.45) is 2.01. The van der Waals surface area contributed by atoms with Crippen molar-refractivity contribution in [1.82, 2.24) is 9.88 Å². The molecular weight excluding hydrogens is 460 g/mol. The number of ether oxygens (including phenoxy) is 3. The quantitative estimate of drug-likeness (QED) is 0.344. The Morgan fingerprint density at radius 3 is 2.86 bits per heavy atom. The molecule has 2 aromatic heterocycles. The van der Waals surface area contributed by atoms with Crippen LogP contribution in [0.1, 0.15) is 34.3 Å². The van der Waals surface area contributed by atoms with Crippen molar-refractivity contribution in [3.05, 3.63) is 76.7 Å². The van der Waals surface area contributed by atoms with Gasteiger partial charge in [0.2, 0.25) is 6.79 Å². The highest BCUT2D eigenvalue weighted by atomic mass is 32.1. The summed E-state index contributed by atoms with van der Waals surface area (Å²) in [6.45, 7) is 3.97. The molecule has 1 unspecified atom stereocenters. The van der Waals surface area contributed by atoms with E-state index in [0.717, 1.165) is 46.5 Å². The number of nitrogens with zero attached hydrogens (tertiary/aromatic N) is 2. The summed E-state index contributed by atoms with van der Waals surface area (Å²) in [6, 6.07) is 18.0. The number of rotatable bonds is 6. The van der Waals surface area contributed by atoms with Crippen LogP contribution in [0.3, 0.4) is 0 Å². The van der Waals surface area contributed by atoms with E-state index in [1.54, 1.807) is 29.5 Å². The highest BCUT2D eigenvalue weighted by Crippen LogP contribution is 2.34. The Morgan fingerprint density at radius 2 is 2.03 bits per heavy atom. The van der Waals surface area contributed by atoms with Crippen LogP contribution in [0.4, 0.5) is 0 Å². The number of fused-ring (bicyclic) bond motifs is 2. The zero-order valence-corrected chi connectivity index (χ0v) is 20.3. The molecule has 1 fully saturated rings. The first-order chi connectivity index (χ1) is 17.1. The first kappa shape index (κ1) is 22.1. The second kappa shape index (κ2) is 9.32. The fraction of sp³-hybridized carbons (Fsp3) is 0.286. The summed E-state index contributed by atoms with van der Waals surface area (Å²) in [4.78, 5) is 21.8. The molecule has 6 rings (SSSR count). The SMILES string of the molecule is Cc1ccc2cc(CN(CC3CCCO3)C(=O)c3ccc4c(c3)OCO4)c(-c3cccs3)nc2c1. The largest absolute Gasteiger partial charge is 0.454 e. The van der Waals surface area contributed by atoms with Gasteiger partial charge in [0.1, 0.15) is 0 Å².